The summed E-state index contributed by atoms with van der Waals surface area (Å²) in [5.74, 6) is 0.352. The predicted octanol–water partition coefficient (Wildman–Crippen LogP) is 1.56. The fraction of sp³-hybridized carbons (Fsp3) is 0.438. The molecule has 0 unspecified atom stereocenters. The number of benzene rings is 1. The number of rotatable bonds is 5. The first-order valence-corrected chi connectivity index (χ1v) is 7.42. The van der Waals surface area contributed by atoms with Crippen LogP contribution in [0.2, 0.25) is 0 Å². The molecule has 6 heteroatoms. The highest BCUT2D eigenvalue weighted by molar-refractivity contribution is 5.84. The lowest BCUT2D eigenvalue weighted by Gasteiger charge is -2.43. The first-order valence-electron chi connectivity index (χ1n) is 7.42. The van der Waals surface area contributed by atoms with Crippen LogP contribution in [0.15, 0.2) is 36.9 Å². The summed E-state index contributed by atoms with van der Waals surface area (Å²) in [4.78, 5) is 16.3. The summed E-state index contributed by atoms with van der Waals surface area (Å²) in [6.07, 6.45) is 3.15. The van der Waals surface area contributed by atoms with Crippen molar-refractivity contribution in [2.24, 2.45) is 11.3 Å². The molecule has 1 N–H and O–H groups in total. The van der Waals surface area contributed by atoms with E-state index in [0.29, 0.717) is 19.8 Å². The van der Waals surface area contributed by atoms with Gasteiger partial charge in [0.25, 0.3) is 0 Å². The molecule has 22 heavy (non-hydrogen) atoms. The molecule has 2 aromatic rings. The third kappa shape index (κ3) is 2.62. The first kappa shape index (κ1) is 14.7. The lowest BCUT2D eigenvalue weighted by atomic mass is 9.74. The van der Waals surface area contributed by atoms with E-state index in [0.717, 1.165) is 11.3 Å². The third-order valence-corrected chi connectivity index (χ3v) is 4.35. The van der Waals surface area contributed by atoms with E-state index in [4.69, 9.17) is 4.74 Å². The summed E-state index contributed by atoms with van der Waals surface area (Å²) in [5.41, 5.74) is 1.63. The summed E-state index contributed by atoms with van der Waals surface area (Å²) >= 11 is 0. The minimum Gasteiger partial charge on any atom is -0.379 e. The van der Waals surface area contributed by atoms with Gasteiger partial charge in [0, 0.05) is 6.54 Å². The number of carbonyl (C=O) groups excluding carboxylic acids is 1. The van der Waals surface area contributed by atoms with Crippen molar-refractivity contribution < 1.29 is 9.53 Å². The molecule has 1 aromatic carbocycles. The molecular weight excluding hydrogens is 280 g/mol. The zero-order valence-corrected chi connectivity index (χ0v) is 12.8. The molecule has 0 aliphatic carbocycles. The highest BCUT2D eigenvalue weighted by Gasteiger charge is 2.48. The molecular formula is C16H20N4O2. The number of hydrogen-bond donors (Lipinski definition) is 1. The van der Waals surface area contributed by atoms with Gasteiger partial charge in [-0.25, -0.2) is 9.67 Å². The topological polar surface area (TPSA) is 69.0 Å². The molecule has 0 spiro atoms. The van der Waals surface area contributed by atoms with Crippen LogP contribution >= 0.6 is 0 Å². The molecule has 2 heterocycles. The molecule has 0 radical (unpaired) electrons. The maximum atomic E-state index is 12.4. The van der Waals surface area contributed by atoms with Crippen LogP contribution in [-0.4, -0.2) is 33.9 Å². The van der Waals surface area contributed by atoms with E-state index < -0.39 is 0 Å². The van der Waals surface area contributed by atoms with Crippen LogP contribution in [0.3, 0.4) is 0 Å². The van der Waals surface area contributed by atoms with Crippen molar-refractivity contribution in [3.8, 4) is 5.69 Å². The molecule has 0 bridgehead atoms. The molecule has 3 rings (SSSR count). The summed E-state index contributed by atoms with van der Waals surface area (Å²) < 4.78 is 6.95. The van der Waals surface area contributed by atoms with Gasteiger partial charge in [0.2, 0.25) is 5.91 Å². The van der Waals surface area contributed by atoms with Gasteiger partial charge in [-0.3, -0.25) is 4.79 Å². The molecule has 1 aromatic heterocycles. The average molecular weight is 300 g/mol. The first-order chi connectivity index (χ1) is 10.6. The Morgan fingerprint density at radius 3 is 2.59 bits per heavy atom. The van der Waals surface area contributed by atoms with Gasteiger partial charge >= 0.3 is 0 Å². The zero-order valence-electron chi connectivity index (χ0n) is 12.8. The fourth-order valence-electron chi connectivity index (χ4n) is 2.52. The Morgan fingerprint density at radius 1 is 1.36 bits per heavy atom. The van der Waals surface area contributed by atoms with Gasteiger partial charge in [-0.15, -0.1) is 0 Å². The Morgan fingerprint density at radius 2 is 2.09 bits per heavy atom. The Hall–Kier alpha value is -2.21. The summed E-state index contributed by atoms with van der Waals surface area (Å²) in [7, 11) is 0. The largest absolute Gasteiger partial charge is 0.379 e. The highest BCUT2D eigenvalue weighted by atomic mass is 16.5. The standard InChI is InChI=1S/C16H20N4O2/c1-12(2)16(8-22-9-16)15(21)18-7-13-3-5-14(6-4-13)20-11-17-10-19-20/h3-6,10-12H,7-9H2,1-2H3,(H,18,21). The predicted molar refractivity (Wildman–Crippen MR) is 81.3 cm³/mol. The van der Waals surface area contributed by atoms with Crippen LogP contribution in [0.5, 0.6) is 0 Å². The lowest BCUT2D eigenvalue weighted by Crippen LogP contribution is -2.57. The van der Waals surface area contributed by atoms with Gasteiger partial charge in [-0.2, -0.15) is 5.10 Å². The van der Waals surface area contributed by atoms with E-state index >= 15 is 0 Å². The maximum Gasteiger partial charge on any atom is 0.231 e. The van der Waals surface area contributed by atoms with E-state index in [1.165, 1.54) is 6.33 Å². The Labute approximate surface area is 129 Å². The Balaban J connectivity index is 1.61. The van der Waals surface area contributed by atoms with Crippen LogP contribution in [0.1, 0.15) is 19.4 Å². The summed E-state index contributed by atoms with van der Waals surface area (Å²) in [6.45, 7) is 5.68. The fourth-order valence-corrected chi connectivity index (χ4v) is 2.52. The SMILES string of the molecule is CC(C)C1(C(=O)NCc2ccc(-n3cncn3)cc2)COC1. The van der Waals surface area contributed by atoms with E-state index in [9.17, 15) is 4.79 Å². The number of hydrogen-bond acceptors (Lipinski definition) is 4. The maximum absolute atomic E-state index is 12.4. The van der Waals surface area contributed by atoms with Crippen molar-refractivity contribution in [3.05, 3.63) is 42.5 Å². The number of nitrogens with one attached hydrogen (secondary N) is 1. The van der Waals surface area contributed by atoms with E-state index in [2.05, 4.69) is 29.2 Å². The second-order valence-electron chi connectivity index (χ2n) is 5.99. The minimum atomic E-state index is -0.360. The molecule has 116 valence electrons. The van der Waals surface area contributed by atoms with Crippen molar-refractivity contribution in [1.82, 2.24) is 20.1 Å². The third-order valence-electron chi connectivity index (χ3n) is 4.35. The quantitative estimate of drug-likeness (QED) is 0.910. The summed E-state index contributed by atoms with van der Waals surface area (Å²) in [5, 5.41) is 7.11. The van der Waals surface area contributed by atoms with E-state index in [1.54, 1.807) is 11.0 Å². The van der Waals surface area contributed by atoms with Crippen molar-refractivity contribution in [1.29, 1.82) is 0 Å². The molecule has 0 saturated carbocycles. The Bertz CT molecular complexity index is 631. The number of amides is 1. The number of nitrogens with zero attached hydrogens (tertiary/aromatic N) is 3. The Kier molecular flexibility index (Phi) is 3.94. The van der Waals surface area contributed by atoms with Crippen LogP contribution in [0.4, 0.5) is 0 Å². The summed E-state index contributed by atoms with van der Waals surface area (Å²) in [6, 6.07) is 7.88. The van der Waals surface area contributed by atoms with Gasteiger partial charge in [0.15, 0.2) is 0 Å². The van der Waals surface area contributed by atoms with Gasteiger partial charge < -0.3 is 10.1 Å². The number of ether oxygens (including phenoxy) is 1. The second-order valence-corrected chi connectivity index (χ2v) is 5.99. The normalized spacial score (nSPS) is 16.3. The van der Waals surface area contributed by atoms with Crippen molar-refractivity contribution in [3.63, 3.8) is 0 Å². The average Bonchev–Trinajstić information content (AvgIpc) is 2.98. The smallest absolute Gasteiger partial charge is 0.231 e. The molecule has 1 aliphatic heterocycles. The van der Waals surface area contributed by atoms with Crippen molar-refractivity contribution in [2.45, 2.75) is 20.4 Å². The van der Waals surface area contributed by atoms with Gasteiger partial charge in [-0.05, 0) is 23.6 Å². The molecule has 1 saturated heterocycles. The monoisotopic (exact) mass is 300 g/mol. The molecule has 1 aliphatic rings. The van der Waals surface area contributed by atoms with E-state index in [1.807, 2.05) is 24.3 Å². The van der Waals surface area contributed by atoms with E-state index in [-0.39, 0.29) is 17.2 Å². The molecule has 6 nitrogen and oxygen atoms in total. The highest BCUT2D eigenvalue weighted by Crippen LogP contribution is 2.35. The van der Waals surface area contributed by atoms with Gasteiger partial charge in [0.05, 0.1) is 24.3 Å². The molecule has 0 atom stereocenters. The van der Waals surface area contributed by atoms with Crippen LogP contribution < -0.4 is 5.32 Å². The minimum absolute atomic E-state index is 0.0779. The van der Waals surface area contributed by atoms with Gasteiger partial charge in [0.1, 0.15) is 12.7 Å². The van der Waals surface area contributed by atoms with Crippen molar-refractivity contribution >= 4 is 5.91 Å². The van der Waals surface area contributed by atoms with Crippen LogP contribution in [0, 0.1) is 11.3 Å². The molecule has 1 fully saturated rings. The zero-order chi connectivity index (χ0) is 15.6. The van der Waals surface area contributed by atoms with Gasteiger partial charge in [-0.1, -0.05) is 26.0 Å². The number of carbonyl (C=O) groups is 1. The molecule has 1 amide bonds. The number of aromatic nitrogens is 3. The second kappa shape index (κ2) is 5.88. The van der Waals surface area contributed by atoms with Crippen LogP contribution in [0.25, 0.3) is 5.69 Å². The van der Waals surface area contributed by atoms with Crippen molar-refractivity contribution in [2.75, 3.05) is 13.2 Å². The van der Waals surface area contributed by atoms with Crippen LogP contribution in [-0.2, 0) is 16.1 Å². The lowest BCUT2D eigenvalue weighted by molar-refractivity contribution is -0.171.